The number of imidazole rings is 1. The Labute approximate surface area is 131 Å². The molecule has 4 heteroatoms. The summed E-state index contributed by atoms with van der Waals surface area (Å²) in [4.78, 5) is 7.00. The van der Waals surface area contributed by atoms with Crippen LogP contribution in [0.2, 0.25) is 0 Å². The fourth-order valence-corrected chi connectivity index (χ4v) is 3.33. The monoisotopic (exact) mass is 301 g/mol. The summed E-state index contributed by atoms with van der Waals surface area (Å²) in [6, 6.07) is 7.26. The summed E-state index contributed by atoms with van der Waals surface area (Å²) in [7, 11) is 0. The number of nitrogens with zero attached hydrogens (tertiary/aromatic N) is 3. The Morgan fingerprint density at radius 3 is 2.45 bits per heavy atom. The zero-order valence-corrected chi connectivity index (χ0v) is 13.4. The fourth-order valence-electron chi connectivity index (χ4n) is 3.33. The first kappa shape index (κ1) is 15.2. The third kappa shape index (κ3) is 3.22. The Balaban J connectivity index is 1.88. The summed E-state index contributed by atoms with van der Waals surface area (Å²) >= 11 is 0. The lowest BCUT2D eigenvalue weighted by molar-refractivity contribution is 0.219. The van der Waals surface area contributed by atoms with Gasteiger partial charge in [-0.05, 0) is 43.6 Å². The average Bonchev–Trinajstić information content (AvgIpc) is 3.17. The summed E-state index contributed by atoms with van der Waals surface area (Å²) in [6.07, 6.45) is 6.43. The minimum atomic E-state index is -0.172. The Kier molecular flexibility index (Phi) is 4.57. The van der Waals surface area contributed by atoms with Crippen molar-refractivity contribution in [3.63, 3.8) is 0 Å². The van der Waals surface area contributed by atoms with Gasteiger partial charge in [-0.15, -0.1) is 0 Å². The lowest BCUT2D eigenvalue weighted by Crippen LogP contribution is -2.29. The van der Waals surface area contributed by atoms with Crippen LogP contribution in [0, 0.1) is 5.82 Å². The second kappa shape index (κ2) is 6.61. The van der Waals surface area contributed by atoms with Gasteiger partial charge in [-0.1, -0.05) is 26.0 Å². The van der Waals surface area contributed by atoms with Gasteiger partial charge in [0, 0.05) is 24.9 Å². The molecule has 1 aliphatic rings. The summed E-state index contributed by atoms with van der Waals surface area (Å²) in [5.74, 6) is 1.35. The van der Waals surface area contributed by atoms with Gasteiger partial charge < -0.3 is 4.57 Å². The number of hydrogen-bond donors (Lipinski definition) is 0. The predicted octanol–water partition coefficient (Wildman–Crippen LogP) is 3.98. The molecule has 3 nitrogen and oxygen atoms in total. The summed E-state index contributed by atoms with van der Waals surface area (Å²) in [5, 5.41) is 0. The molecule has 1 aliphatic heterocycles. The second-order valence-corrected chi connectivity index (χ2v) is 6.40. The van der Waals surface area contributed by atoms with Crippen molar-refractivity contribution in [2.45, 2.75) is 45.2 Å². The number of hydrogen-bond acceptors (Lipinski definition) is 2. The molecule has 2 heterocycles. The molecule has 0 spiro atoms. The highest BCUT2D eigenvalue weighted by molar-refractivity contribution is 5.20. The smallest absolute Gasteiger partial charge is 0.123 e. The fraction of sp³-hybridized carbons (Fsp3) is 0.500. The molecule has 2 aromatic rings. The van der Waals surface area contributed by atoms with E-state index >= 15 is 0 Å². The van der Waals surface area contributed by atoms with E-state index in [1.807, 2.05) is 18.3 Å². The molecule has 0 amide bonds. The molecule has 0 saturated carbocycles. The van der Waals surface area contributed by atoms with Crippen LogP contribution >= 0.6 is 0 Å². The molecule has 1 fully saturated rings. The van der Waals surface area contributed by atoms with Crippen LogP contribution in [-0.2, 0) is 6.54 Å². The zero-order valence-electron chi connectivity index (χ0n) is 13.4. The van der Waals surface area contributed by atoms with Gasteiger partial charge in [0.1, 0.15) is 11.6 Å². The van der Waals surface area contributed by atoms with Crippen LogP contribution in [0.15, 0.2) is 36.7 Å². The lowest BCUT2D eigenvalue weighted by atomic mass is 10.0. The maximum absolute atomic E-state index is 13.2. The molecule has 1 saturated heterocycles. The molecular formula is C18H24FN3. The molecule has 0 bridgehead atoms. The highest BCUT2D eigenvalue weighted by Crippen LogP contribution is 2.28. The number of likely N-dealkylation sites (tertiary alicyclic amines) is 1. The summed E-state index contributed by atoms with van der Waals surface area (Å²) < 4.78 is 15.5. The van der Waals surface area contributed by atoms with Gasteiger partial charge in [0.2, 0.25) is 0 Å². The van der Waals surface area contributed by atoms with E-state index in [1.165, 1.54) is 18.4 Å². The van der Waals surface area contributed by atoms with E-state index in [0.717, 1.165) is 25.5 Å². The van der Waals surface area contributed by atoms with Crippen LogP contribution in [0.5, 0.6) is 0 Å². The molecule has 0 aliphatic carbocycles. The molecule has 118 valence electrons. The third-order valence-electron chi connectivity index (χ3n) is 4.47. The SMILES string of the molecule is CC(C)c1nccn1CC(c1ccc(F)cc1)N1CCCC1. The van der Waals surface area contributed by atoms with E-state index in [1.54, 1.807) is 12.1 Å². The highest BCUT2D eigenvalue weighted by Gasteiger charge is 2.24. The molecule has 0 radical (unpaired) electrons. The van der Waals surface area contributed by atoms with Crippen molar-refractivity contribution >= 4 is 0 Å². The number of rotatable bonds is 5. The van der Waals surface area contributed by atoms with Gasteiger partial charge in [0.25, 0.3) is 0 Å². The number of halogens is 1. The van der Waals surface area contributed by atoms with Gasteiger partial charge in [-0.2, -0.15) is 0 Å². The van der Waals surface area contributed by atoms with Gasteiger partial charge in [0.15, 0.2) is 0 Å². The third-order valence-corrected chi connectivity index (χ3v) is 4.47. The normalized spacial score (nSPS) is 17.3. The topological polar surface area (TPSA) is 21.1 Å². The van der Waals surface area contributed by atoms with E-state index in [0.29, 0.717) is 5.92 Å². The minimum Gasteiger partial charge on any atom is -0.333 e. The lowest BCUT2D eigenvalue weighted by Gasteiger charge is -2.29. The predicted molar refractivity (Wildman–Crippen MR) is 86.3 cm³/mol. The quantitative estimate of drug-likeness (QED) is 0.833. The van der Waals surface area contributed by atoms with Crippen LogP contribution < -0.4 is 0 Å². The first-order valence-electron chi connectivity index (χ1n) is 8.15. The van der Waals surface area contributed by atoms with Crippen molar-refractivity contribution in [3.05, 3.63) is 53.9 Å². The van der Waals surface area contributed by atoms with E-state index in [-0.39, 0.29) is 11.9 Å². The largest absolute Gasteiger partial charge is 0.333 e. The Morgan fingerprint density at radius 1 is 1.14 bits per heavy atom. The maximum Gasteiger partial charge on any atom is 0.123 e. The first-order chi connectivity index (χ1) is 10.6. The van der Waals surface area contributed by atoms with Crippen molar-refractivity contribution in [3.8, 4) is 0 Å². The minimum absolute atomic E-state index is 0.172. The van der Waals surface area contributed by atoms with E-state index < -0.39 is 0 Å². The standard InChI is InChI=1S/C18H24FN3/c1-14(2)18-20-9-12-22(18)13-17(21-10-3-4-11-21)15-5-7-16(19)8-6-15/h5-9,12,14,17H,3-4,10-11,13H2,1-2H3. The van der Waals surface area contributed by atoms with Gasteiger partial charge in [0.05, 0.1) is 6.04 Å². The van der Waals surface area contributed by atoms with Crippen LogP contribution in [0.1, 0.15) is 50.0 Å². The van der Waals surface area contributed by atoms with Gasteiger partial charge in [-0.3, -0.25) is 4.90 Å². The van der Waals surface area contributed by atoms with Crippen molar-refractivity contribution in [1.29, 1.82) is 0 Å². The molecule has 1 aromatic carbocycles. The van der Waals surface area contributed by atoms with Crippen LogP contribution in [0.4, 0.5) is 4.39 Å². The Hall–Kier alpha value is -1.68. The van der Waals surface area contributed by atoms with E-state index in [2.05, 4.69) is 34.5 Å². The molecular weight excluding hydrogens is 277 g/mol. The maximum atomic E-state index is 13.2. The molecule has 0 N–H and O–H groups in total. The second-order valence-electron chi connectivity index (χ2n) is 6.40. The van der Waals surface area contributed by atoms with Crippen molar-refractivity contribution < 1.29 is 4.39 Å². The molecule has 1 aromatic heterocycles. The van der Waals surface area contributed by atoms with Gasteiger partial charge in [-0.25, -0.2) is 9.37 Å². The molecule has 1 unspecified atom stereocenters. The van der Waals surface area contributed by atoms with Crippen LogP contribution in [0.3, 0.4) is 0 Å². The molecule has 1 atom stereocenters. The van der Waals surface area contributed by atoms with E-state index in [4.69, 9.17) is 0 Å². The summed E-state index contributed by atoms with van der Waals surface area (Å²) in [5.41, 5.74) is 1.19. The highest BCUT2D eigenvalue weighted by atomic mass is 19.1. The number of benzene rings is 1. The Bertz CT molecular complexity index is 597. The van der Waals surface area contributed by atoms with Crippen LogP contribution in [0.25, 0.3) is 0 Å². The Morgan fingerprint density at radius 2 is 1.82 bits per heavy atom. The molecule has 3 rings (SSSR count). The van der Waals surface area contributed by atoms with E-state index in [9.17, 15) is 4.39 Å². The van der Waals surface area contributed by atoms with Crippen molar-refractivity contribution in [1.82, 2.24) is 14.5 Å². The zero-order chi connectivity index (χ0) is 15.5. The molecule has 22 heavy (non-hydrogen) atoms. The van der Waals surface area contributed by atoms with Crippen molar-refractivity contribution in [2.75, 3.05) is 13.1 Å². The summed E-state index contributed by atoms with van der Waals surface area (Å²) in [6.45, 7) is 7.45. The van der Waals surface area contributed by atoms with Crippen molar-refractivity contribution in [2.24, 2.45) is 0 Å². The number of aromatic nitrogens is 2. The average molecular weight is 301 g/mol. The first-order valence-corrected chi connectivity index (χ1v) is 8.15. The van der Waals surface area contributed by atoms with Gasteiger partial charge >= 0.3 is 0 Å². The van der Waals surface area contributed by atoms with Crippen LogP contribution in [-0.4, -0.2) is 27.5 Å².